The van der Waals surface area contributed by atoms with Gasteiger partial charge in [0.15, 0.2) is 0 Å². The molecule has 0 fully saturated rings. The fourth-order valence-electron chi connectivity index (χ4n) is 1.97. The first kappa shape index (κ1) is 14.1. The van der Waals surface area contributed by atoms with E-state index in [-0.39, 0.29) is 5.97 Å². The third kappa shape index (κ3) is 2.96. The molecule has 104 valence electrons. The van der Waals surface area contributed by atoms with Crippen molar-refractivity contribution in [1.82, 2.24) is 4.98 Å². The lowest BCUT2D eigenvalue weighted by Gasteiger charge is -2.16. The number of nitrogens with zero attached hydrogens (tertiary/aromatic N) is 2. The molecule has 1 heterocycles. The van der Waals surface area contributed by atoms with Gasteiger partial charge in [0, 0.05) is 32.2 Å². The molecule has 1 aromatic carbocycles. The second kappa shape index (κ2) is 6.19. The molecule has 20 heavy (non-hydrogen) atoms. The molecule has 0 aliphatic heterocycles. The Balaban J connectivity index is 2.53. The van der Waals surface area contributed by atoms with Crippen LogP contribution >= 0.6 is 0 Å². The van der Waals surface area contributed by atoms with E-state index in [9.17, 15) is 4.79 Å². The summed E-state index contributed by atoms with van der Waals surface area (Å²) in [6.07, 6.45) is 3.42. The lowest BCUT2D eigenvalue weighted by molar-refractivity contribution is 0.0527. The molecule has 0 saturated carbocycles. The molecule has 4 heteroatoms. The van der Waals surface area contributed by atoms with Gasteiger partial charge in [0.1, 0.15) is 0 Å². The van der Waals surface area contributed by atoms with E-state index in [1.54, 1.807) is 19.3 Å². The van der Waals surface area contributed by atoms with Gasteiger partial charge in [-0.05, 0) is 42.3 Å². The summed E-state index contributed by atoms with van der Waals surface area (Å²) in [5.74, 6) is -0.303. The second-order valence-electron chi connectivity index (χ2n) is 4.58. The van der Waals surface area contributed by atoms with Crippen molar-refractivity contribution in [1.29, 1.82) is 0 Å². The highest BCUT2D eigenvalue weighted by molar-refractivity contribution is 5.98. The van der Waals surface area contributed by atoms with Gasteiger partial charge in [-0.1, -0.05) is 6.07 Å². The van der Waals surface area contributed by atoms with Crippen LogP contribution in [0.4, 0.5) is 5.69 Å². The SMILES string of the molecule is CCOC(=O)c1cc(N(C)C)ccc1-c1ccncc1. The van der Waals surface area contributed by atoms with E-state index in [4.69, 9.17) is 4.74 Å². The number of ether oxygens (including phenoxy) is 1. The lowest BCUT2D eigenvalue weighted by Crippen LogP contribution is -2.12. The minimum atomic E-state index is -0.303. The highest BCUT2D eigenvalue weighted by atomic mass is 16.5. The molecule has 2 aromatic rings. The molecule has 0 unspecified atom stereocenters. The first-order chi connectivity index (χ1) is 9.63. The zero-order chi connectivity index (χ0) is 14.5. The molecule has 0 bridgehead atoms. The van der Waals surface area contributed by atoms with Gasteiger partial charge in [0.2, 0.25) is 0 Å². The Morgan fingerprint density at radius 3 is 2.50 bits per heavy atom. The van der Waals surface area contributed by atoms with E-state index >= 15 is 0 Å². The molecule has 0 radical (unpaired) electrons. The summed E-state index contributed by atoms with van der Waals surface area (Å²) in [5.41, 5.74) is 3.35. The fraction of sp³-hybridized carbons (Fsp3) is 0.250. The number of anilines is 1. The number of carbonyl (C=O) groups is 1. The fourth-order valence-corrected chi connectivity index (χ4v) is 1.97. The lowest BCUT2D eigenvalue weighted by atomic mass is 9.99. The topological polar surface area (TPSA) is 42.4 Å². The van der Waals surface area contributed by atoms with Crippen LogP contribution in [0.3, 0.4) is 0 Å². The smallest absolute Gasteiger partial charge is 0.338 e. The zero-order valence-corrected chi connectivity index (χ0v) is 12.0. The predicted molar refractivity (Wildman–Crippen MR) is 80.0 cm³/mol. The number of esters is 1. The van der Waals surface area contributed by atoms with E-state index < -0.39 is 0 Å². The van der Waals surface area contributed by atoms with Crippen molar-refractivity contribution in [3.05, 3.63) is 48.3 Å². The minimum absolute atomic E-state index is 0.303. The van der Waals surface area contributed by atoms with Crippen LogP contribution in [0, 0.1) is 0 Å². The highest BCUT2D eigenvalue weighted by Crippen LogP contribution is 2.27. The summed E-state index contributed by atoms with van der Waals surface area (Å²) >= 11 is 0. The number of carbonyl (C=O) groups excluding carboxylic acids is 1. The van der Waals surface area contributed by atoms with Crippen molar-refractivity contribution in [3.63, 3.8) is 0 Å². The Kier molecular flexibility index (Phi) is 4.35. The van der Waals surface area contributed by atoms with Crippen molar-refractivity contribution in [3.8, 4) is 11.1 Å². The summed E-state index contributed by atoms with van der Waals surface area (Å²) in [5, 5.41) is 0. The monoisotopic (exact) mass is 270 g/mol. The zero-order valence-electron chi connectivity index (χ0n) is 12.0. The third-order valence-electron chi connectivity index (χ3n) is 3.01. The van der Waals surface area contributed by atoms with Gasteiger partial charge >= 0.3 is 5.97 Å². The predicted octanol–water partition coefficient (Wildman–Crippen LogP) is 2.99. The molecule has 2 rings (SSSR count). The number of aromatic nitrogens is 1. The Morgan fingerprint density at radius 2 is 1.90 bits per heavy atom. The van der Waals surface area contributed by atoms with Crippen molar-refractivity contribution in [2.45, 2.75) is 6.92 Å². The molecule has 0 N–H and O–H groups in total. The van der Waals surface area contributed by atoms with E-state index in [0.717, 1.165) is 16.8 Å². The average Bonchev–Trinajstić information content (AvgIpc) is 2.47. The quantitative estimate of drug-likeness (QED) is 0.801. The van der Waals surface area contributed by atoms with Gasteiger partial charge in [-0.15, -0.1) is 0 Å². The number of benzene rings is 1. The van der Waals surface area contributed by atoms with Crippen LogP contribution in [0.25, 0.3) is 11.1 Å². The van der Waals surface area contributed by atoms with Gasteiger partial charge < -0.3 is 9.64 Å². The van der Waals surface area contributed by atoms with Gasteiger partial charge in [0.05, 0.1) is 12.2 Å². The van der Waals surface area contributed by atoms with Crippen LogP contribution in [-0.4, -0.2) is 31.7 Å². The second-order valence-corrected chi connectivity index (χ2v) is 4.58. The number of rotatable bonds is 4. The summed E-state index contributed by atoms with van der Waals surface area (Å²) in [4.78, 5) is 18.1. The van der Waals surface area contributed by atoms with E-state index in [0.29, 0.717) is 12.2 Å². The van der Waals surface area contributed by atoms with Gasteiger partial charge in [0.25, 0.3) is 0 Å². The molecular formula is C16H18N2O2. The Hall–Kier alpha value is -2.36. The van der Waals surface area contributed by atoms with Crippen LogP contribution in [0.2, 0.25) is 0 Å². The van der Waals surface area contributed by atoms with Crippen LogP contribution in [0.5, 0.6) is 0 Å². The molecule has 4 nitrogen and oxygen atoms in total. The van der Waals surface area contributed by atoms with Crippen LogP contribution in [-0.2, 0) is 4.74 Å². The molecule has 0 aliphatic rings. The largest absolute Gasteiger partial charge is 0.462 e. The summed E-state index contributed by atoms with van der Waals surface area (Å²) in [7, 11) is 3.88. The number of pyridine rings is 1. The van der Waals surface area contributed by atoms with Crippen molar-refractivity contribution >= 4 is 11.7 Å². The minimum Gasteiger partial charge on any atom is -0.462 e. The van der Waals surface area contributed by atoms with Crippen LogP contribution in [0.15, 0.2) is 42.7 Å². The first-order valence-electron chi connectivity index (χ1n) is 6.52. The Bertz CT molecular complexity index is 595. The normalized spacial score (nSPS) is 10.2. The summed E-state index contributed by atoms with van der Waals surface area (Å²) in [6, 6.07) is 9.55. The highest BCUT2D eigenvalue weighted by Gasteiger charge is 2.15. The van der Waals surface area contributed by atoms with Crippen molar-refractivity contribution in [2.75, 3.05) is 25.6 Å². The summed E-state index contributed by atoms with van der Waals surface area (Å²) in [6.45, 7) is 2.17. The Labute approximate surface area is 119 Å². The summed E-state index contributed by atoms with van der Waals surface area (Å²) < 4.78 is 5.15. The standard InChI is InChI=1S/C16H18N2O2/c1-4-20-16(19)15-11-13(18(2)3)5-6-14(15)12-7-9-17-10-8-12/h5-11H,4H2,1-3H3. The average molecular weight is 270 g/mol. The first-order valence-corrected chi connectivity index (χ1v) is 6.52. The van der Waals surface area contributed by atoms with Gasteiger partial charge in [-0.25, -0.2) is 4.79 Å². The van der Waals surface area contributed by atoms with E-state index in [1.807, 2.05) is 49.3 Å². The van der Waals surface area contributed by atoms with E-state index in [1.165, 1.54) is 0 Å². The molecule has 0 amide bonds. The molecule has 1 aromatic heterocycles. The van der Waals surface area contributed by atoms with Crippen molar-refractivity contribution < 1.29 is 9.53 Å². The van der Waals surface area contributed by atoms with E-state index in [2.05, 4.69) is 4.98 Å². The van der Waals surface area contributed by atoms with Gasteiger partial charge in [-0.3, -0.25) is 4.98 Å². The van der Waals surface area contributed by atoms with Crippen LogP contribution < -0.4 is 4.90 Å². The molecular weight excluding hydrogens is 252 g/mol. The van der Waals surface area contributed by atoms with Crippen LogP contribution in [0.1, 0.15) is 17.3 Å². The molecule has 0 saturated heterocycles. The number of hydrogen-bond donors (Lipinski definition) is 0. The molecule has 0 spiro atoms. The maximum Gasteiger partial charge on any atom is 0.338 e. The molecule has 0 aliphatic carbocycles. The molecule has 0 atom stereocenters. The maximum absolute atomic E-state index is 12.2. The third-order valence-corrected chi connectivity index (χ3v) is 3.01. The maximum atomic E-state index is 12.2. The Morgan fingerprint density at radius 1 is 1.20 bits per heavy atom. The van der Waals surface area contributed by atoms with Gasteiger partial charge in [-0.2, -0.15) is 0 Å². The van der Waals surface area contributed by atoms with Crippen molar-refractivity contribution in [2.24, 2.45) is 0 Å². The number of hydrogen-bond acceptors (Lipinski definition) is 4.